The van der Waals surface area contributed by atoms with E-state index < -0.39 is 6.04 Å². The number of nitrogens with two attached hydrogens (primary N) is 1. The van der Waals surface area contributed by atoms with Crippen LogP contribution in [0.4, 0.5) is 0 Å². The smallest absolute Gasteiger partial charge is 0.255 e. The van der Waals surface area contributed by atoms with Gasteiger partial charge in [0.2, 0.25) is 0 Å². The molecule has 4 N–H and O–H groups in total. The van der Waals surface area contributed by atoms with Crippen molar-refractivity contribution in [1.82, 2.24) is 15.1 Å². The molecule has 7 heteroatoms. The fraction of sp³-hybridized carbons (Fsp3) is 0.583. The number of amidine groups is 1. The van der Waals surface area contributed by atoms with Crippen molar-refractivity contribution in [1.29, 1.82) is 0 Å². The van der Waals surface area contributed by atoms with Gasteiger partial charge < -0.3 is 16.3 Å². The van der Waals surface area contributed by atoms with Crippen molar-refractivity contribution in [3.63, 3.8) is 0 Å². The van der Waals surface area contributed by atoms with Crippen molar-refractivity contribution >= 4 is 11.7 Å². The van der Waals surface area contributed by atoms with Gasteiger partial charge >= 0.3 is 0 Å². The number of carbonyl (C=O) groups excluding carboxylic acids is 1. The molecular weight excluding hydrogens is 246 g/mol. The number of rotatable bonds is 4. The van der Waals surface area contributed by atoms with Gasteiger partial charge in [0, 0.05) is 12.7 Å². The Morgan fingerprint density at radius 2 is 2.21 bits per heavy atom. The molecule has 1 aromatic rings. The number of aryl methyl sites for hydroxylation is 2. The fourth-order valence-corrected chi connectivity index (χ4v) is 2.24. The number of hydrogen-bond donors (Lipinski definition) is 3. The molecule has 1 heterocycles. The van der Waals surface area contributed by atoms with Gasteiger partial charge in [0.1, 0.15) is 0 Å². The van der Waals surface area contributed by atoms with Crippen molar-refractivity contribution in [3.05, 3.63) is 17.0 Å². The zero-order chi connectivity index (χ0) is 14.2. The van der Waals surface area contributed by atoms with Gasteiger partial charge in [-0.15, -0.1) is 0 Å². The average molecular weight is 265 g/mol. The van der Waals surface area contributed by atoms with E-state index in [1.807, 2.05) is 6.92 Å². The third kappa shape index (κ3) is 2.54. The molecule has 0 saturated heterocycles. The maximum absolute atomic E-state index is 12.3. The molecule has 1 aliphatic carbocycles. The van der Waals surface area contributed by atoms with E-state index in [-0.39, 0.29) is 17.7 Å². The third-order valence-electron chi connectivity index (χ3n) is 3.55. The highest BCUT2D eigenvalue weighted by molar-refractivity contribution is 6.00. The lowest BCUT2D eigenvalue weighted by molar-refractivity contribution is 0.0941. The van der Waals surface area contributed by atoms with E-state index in [4.69, 9.17) is 10.9 Å². The number of nitrogens with zero attached hydrogens (tertiary/aromatic N) is 3. The van der Waals surface area contributed by atoms with Crippen LogP contribution in [0.25, 0.3) is 0 Å². The second kappa shape index (κ2) is 4.91. The monoisotopic (exact) mass is 265 g/mol. The first kappa shape index (κ1) is 13.4. The third-order valence-corrected chi connectivity index (χ3v) is 3.55. The Labute approximate surface area is 111 Å². The molecule has 0 aliphatic heterocycles. The largest absolute Gasteiger partial charge is 0.409 e. The van der Waals surface area contributed by atoms with Crippen molar-refractivity contribution in [2.24, 2.45) is 23.9 Å². The zero-order valence-corrected chi connectivity index (χ0v) is 11.3. The summed E-state index contributed by atoms with van der Waals surface area (Å²) in [6.45, 7) is 3.63. The number of aromatic nitrogens is 2. The minimum absolute atomic E-state index is 0.0510. The van der Waals surface area contributed by atoms with E-state index in [1.54, 1.807) is 18.7 Å². The molecule has 1 saturated carbocycles. The van der Waals surface area contributed by atoms with Gasteiger partial charge in [-0.05, 0) is 32.6 Å². The Bertz CT molecular complexity index is 530. The lowest BCUT2D eigenvalue weighted by Gasteiger charge is -2.16. The Morgan fingerprint density at radius 3 is 2.63 bits per heavy atom. The Morgan fingerprint density at radius 1 is 1.58 bits per heavy atom. The van der Waals surface area contributed by atoms with Crippen molar-refractivity contribution in [2.75, 3.05) is 0 Å². The zero-order valence-electron chi connectivity index (χ0n) is 11.3. The highest BCUT2D eigenvalue weighted by Gasteiger charge is 2.36. The van der Waals surface area contributed by atoms with Crippen LogP contribution in [0.15, 0.2) is 5.16 Å². The Balaban J connectivity index is 2.20. The second-order valence-corrected chi connectivity index (χ2v) is 4.98. The minimum atomic E-state index is -0.406. The van der Waals surface area contributed by atoms with Crippen LogP contribution in [-0.2, 0) is 7.05 Å². The van der Waals surface area contributed by atoms with Gasteiger partial charge in [-0.25, -0.2) is 0 Å². The summed E-state index contributed by atoms with van der Waals surface area (Å²) in [4.78, 5) is 12.3. The standard InChI is InChI=1S/C12H19N5O2/c1-6-9(7(2)17(3)15-6)12(18)14-10(8-4-5-8)11(13)16-19/h8,10,19H,4-5H2,1-3H3,(H2,13,16)(H,14,18). The molecule has 1 aromatic heterocycles. The maximum Gasteiger partial charge on any atom is 0.255 e. The summed E-state index contributed by atoms with van der Waals surface area (Å²) in [7, 11) is 1.79. The summed E-state index contributed by atoms with van der Waals surface area (Å²) in [5.74, 6) is 0.0822. The van der Waals surface area contributed by atoms with Crippen LogP contribution < -0.4 is 11.1 Å². The summed E-state index contributed by atoms with van der Waals surface area (Å²) in [5.41, 5.74) is 7.65. The number of amides is 1. The van der Waals surface area contributed by atoms with Crippen LogP contribution in [0.1, 0.15) is 34.6 Å². The minimum Gasteiger partial charge on any atom is -0.409 e. The van der Waals surface area contributed by atoms with Crippen molar-refractivity contribution < 1.29 is 10.0 Å². The van der Waals surface area contributed by atoms with E-state index in [1.165, 1.54) is 0 Å². The second-order valence-electron chi connectivity index (χ2n) is 4.98. The average Bonchev–Trinajstić information content (AvgIpc) is 3.15. The van der Waals surface area contributed by atoms with Crippen LogP contribution in [-0.4, -0.2) is 32.8 Å². The summed E-state index contributed by atoms with van der Waals surface area (Å²) in [5, 5.41) is 18.8. The Kier molecular flexibility index (Phi) is 3.46. The molecule has 0 spiro atoms. The van der Waals surface area contributed by atoms with Gasteiger partial charge in [-0.3, -0.25) is 9.48 Å². The van der Waals surface area contributed by atoms with Gasteiger partial charge in [0.25, 0.3) is 5.91 Å². The van der Waals surface area contributed by atoms with Crippen LogP contribution in [0.2, 0.25) is 0 Å². The first-order valence-corrected chi connectivity index (χ1v) is 6.24. The predicted molar refractivity (Wildman–Crippen MR) is 70.1 cm³/mol. The molecule has 2 rings (SSSR count). The van der Waals surface area contributed by atoms with Gasteiger partial charge in [-0.2, -0.15) is 5.10 Å². The van der Waals surface area contributed by atoms with Crippen LogP contribution in [0, 0.1) is 19.8 Å². The Hall–Kier alpha value is -2.05. The lowest BCUT2D eigenvalue weighted by Crippen LogP contribution is -2.46. The lowest BCUT2D eigenvalue weighted by atomic mass is 10.1. The quantitative estimate of drug-likeness (QED) is 0.315. The first-order chi connectivity index (χ1) is 8.95. The van der Waals surface area contributed by atoms with Crippen molar-refractivity contribution in [3.8, 4) is 0 Å². The topological polar surface area (TPSA) is 106 Å². The molecular formula is C12H19N5O2. The summed E-state index contributed by atoms with van der Waals surface area (Å²) in [6, 6.07) is -0.406. The molecule has 0 bridgehead atoms. The number of nitrogens with one attached hydrogen (secondary N) is 1. The molecule has 0 aromatic carbocycles. The summed E-state index contributed by atoms with van der Waals surface area (Å²) in [6.07, 6.45) is 1.96. The number of hydrogen-bond acceptors (Lipinski definition) is 4. The van der Waals surface area contributed by atoms with Crippen LogP contribution >= 0.6 is 0 Å². The molecule has 104 valence electrons. The molecule has 0 radical (unpaired) electrons. The highest BCUT2D eigenvalue weighted by Crippen LogP contribution is 2.33. The molecule has 1 amide bonds. The van der Waals surface area contributed by atoms with E-state index in [0.717, 1.165) is 18.5 Å². The predicted octanol–water partition coefficient (Wildman–Crippen LogP) is 0.292. The first-order valence-electron chi connectivity index (χ1n) is 6.24. The molecule has 1 atom stereocenters. The molecule has 7 nitrogen and oxygen atoms in total. The van der Waals surface area contributed by atoms with Crippen LogP contribution in [0.3, 0.4) is 0 Å². The molecule has 1 fully saturated rings. The maximum atomic E-state index is 12.3. The summed E-state index contributed by atoms with van der Waals surface area (Å²) >= 11 is 0. The SMILES string of the molecule is Cc1nn(C)c(C)c1C(=O)NC(C(N)=NO)C1CC1. The van der Waals surface area contributed by atoms with Crippen molar-refractivity contribution in [2.45, 2.75) is 32.7 Å². The molecule has 1 aliphatic rings. The van der Waals surface area contributed by atoms with E-state index in [2.05, 4.69) is 15.6 Å². The molecule has 19 heavy (non-hydrogen) atoms. The van der Waals surface area contributed by atoms with E-state index >= 15 is 0 Å². The fourth-order valence-electron chi connectivity index (χ4n) is 2.24. The van der Waals surface area contributed by atoms with Gasteiger partial charge in [0.15, 0.2) is 5.84 Å². The summed E-state index contributed by atoms with van der Waals surface area (Å²) < 4.78 is 1.67. The number of carbonyl (C=O) groups is 1. The number of oxime groups is 1. The van der Waals surface area contributed by atoms with Gasteiger partial charge in [0.05, 0.1) is 17.3 Å². The normalized spacial score (nSPS) is 17.3. The van der Waals surface area contributed by atoms with Gasteiger partial charge in [-0.1, -0.05) is 5.16 Å². The van der Waals surface area contributed by atoms with E-state index in [9.17, 15) is 4.79 Å². The van der Waals surface area contributed by atoms with Crippen LogP contribution in [0.5, 0.6) is 0 Å². The molecule has 1 unspecified atom stereocenters. The highest BCUT2D eigenvalue weighted by atomic mass is 16.4. The van der Waals surface area contributed by atoms with E-state index in [0.29, 0.717) is 11.3 Å².